The van der Waals surface area contributed by atoms with Crippen molar-refractivity contribution in [3.63, 3.8) is 0 Å². The van der Waals surface area contributed by atoms with E-state index in [2.05, 4.69) is 4.84 Å². The first-order valence-corrected chi connectivity index (χ1v) is 6.95. The van der Waals surface area contributed by atoms with Crippen molar-refractivity contribution in [1.29, 1.82) is 0 Å². The summed E-state index contributed by atoms with van der Waals surface area (Å²) in [4.78, 5) is 26.5. The van der Waals surface area contributed by atoms with Crippen molar-refractivity contribution < 1.29 is 29.3 Å². The molecule has 0 unspecified atom stereocenters. The molecule has 0 bridgehead atoms. The molecule has 8 heteroatoms. The number of carbonyl (C=O) groups excluding carboxylic acids is 1. The number of carbonyl (C=O) groups is 1. The molecule has 24 heavy (non-hydrogen) atoms. The lowest BCUT2D eigenvalue weighted by atomic mass is 10.1. The fraction of sp³-hybridized carbons (Fsp3) is 0.188. The molecule has 1 N–H and O–H groups in total. The number of hydrogen-bond donors (Lipinski definition) is 1. The highest BCUT2D eigenvalue weighted by molar-refractivity contribution is 5.91. The van der Waals surface area contributed by atoms with Gasteiger partial charge < -0.3 is 19.4 Å². The van der Waals surface area contributed by atoms with Gasteiger partial charge in [0.05, 0.1) is 12.7 Å². The zero-order chi connectivity index (χ0) is 17.5. The van der Waals surface area contributed by atoms with Gasteiger partial charge in [-0.3, -0.25) is 0 Å². The smallest absolute Gasteiger partial charge is 0.343 e. The van der Waals surface area contributed by atoms with Crippen molar-refractivity contribution in [3.8, 4) is 17.2 Å². The molecular weight excluding hydrogens is 318 g/mol. The molecule has 0 fully saturated rings. The molecule has 0 saturated heterocycles. The Bertz CT molecular complexity index is 745. The van der Waals surface area contributed by atoms with Crippen molar-refractivity contribution in [1.82, 2.24) is 0 Å². The second kappa shape index (κ2) is 7.82. The predicted molar refractivity (Wildman–Crippen MR) is 82.7 cm³/mol. The van der Waals surface area contributed by atoms with E-state index in [-0.39, 0.29) is 23.7 Å². The van der Waals surface area contributed by atoms with E-state index in [1.54, 1.807) is 24.3 Å². The molecule has 0 aromatic heterocycles. The van der Waals surface area contributed by atoms with Gasteiger partial charge in [0.2, 0.25) is 0 Å². The van der Waals surface area contributed by atoms with Crippen LogP contribution >= 0.6 is 0 Å². The molecule has 0 heterocycles. The van der Waals surface area contributed by atoms with E-state index in [9.17, 15) is 20.0 Å². The lowest BCUT2D eigenvalue weighted by molar-refractivity contribution is -0.757. The number of hydrogen-bond acceptors (Lipinski definition) is 7. The Morgan fingerprint density at radius 3 is 2.75 bits per heavy atom. The minimum absolute atomic E-state index is 0.0816. The maximum atomic E-state index is 12.1. The Hall–Kier alpha value is -3.29. The predicted octanol–water partition coefficient (Wildman–Crippen LogP) is 2.37. The van der Waals surface area contributed by atoms with Crippen LogP contribution in [0.1, 0.15) is 15.9 Å². The number of phenols is 1. The first-order chi connectivity index (χ1) is 11.5. The lowest BCUT2D eigenvalue weighted by Gasteiger charge is -2.08. The van der Waals surface area contributed by atoms with Crippen LogP contribution in [0.4, 0.5) is 0 Å². The summed E-state index contributed by atoms with van der Waals surface area (Å²) in [6.45, 7) is -0.0838. The van der Waals surface area contributed by atoms with Crippen LogP contribution in [0.15, 0.2) is 42.5 Å². The third kappa shape index (κ3) is 4.60. The second-order valence-corrected chi connectivity index (χ2v) is 4.73. The normalized spacial score (nSPS) is 10.0. The number of phenolic OH excluding ortho intramolecular Hbond substituents is 1. The number of esters is 1. The van der Waals surface area contributed by atoms with E-state index in [0.29, 0.717) is 12.2 Å². The second-order valence-electron chi connectivity index (χ2n) is 4.73. The van der Waals surface area contributed by atoms with Crippen LogP contribution in [0.25, 0.3) is 0 Å². The maximum absolute atomic E-state index is 12.1. The van der Waals surface area contributed by atoms with Crippen LogP contribution in [-0.2, 0) is 11.3 Å². The van der Waals surface area contributed by atoms with Gasteiger partial charge in [-0.05, 0) is 42.3 Å². The molecule has 2 aromatic rings. The van der Waals surface area contributed by atoms with Gasteiger partial charge in [0.15, 0.2) is 11.5 Å². The highest BCUT2D eigenvalue weighted by Gasteiger charge is 2.12. The molecule has 8 nitrogen and oxygen atoms in total. The van der Waals surface area contributed by atoms with E-state index >= 15 is 0 Å². The minimum Gasteiger partial charge on any atom is -0.504 e. The van der Waals surface area contributed by atoms with E-state index in [0.717, 1.165) is 5.56 Å². The summed E-state index contributed by atoms with van der Waals surface area (Å²) < 4.78 is 10.2. The van der Waals surface area contributed by atoms with Gasteiger partial charge in [-0.25, -0.2) is 4.79 Å². The third-order valence-electron chi connectivity index (χ3n) is 3.11. The van der Waals surface area contributed by atoms with Crippen LogP contribution < -0.4 is 9.47 Å². The largest absolute Gasteiger partial charge is 0.504 e. The molecule has 0 saturated carbocycles. The maximum Gasteiger partial charge on any atom is 0.343 e. The summed E-state index contributed by atoms with van der Waals surface area (Å²) in [5.41, 5.74) is 0.942. The molecule has 0 radical (unpaired) electrons. The molecule has 0 aliphatic heterocycles. The molecule has 0 spiro atoms. The average Bonchev–Trinajstić information content (AvgIpc) is 2.55. The summed E-state index contributed by atoms with van der Waals surface area (Å²) in [7, 11) is 1.38. The SMILES string of the molecule is COc1cc(C(=O)Oc2cccc(CCO[N+](=O)[O-])c2)ccc1O. The zero-order valence-electron chi connectivity index (χ0n) is 12.8. The number of benzene rings is 2. The van der Waals surface area contributed by atoms with E-state index < -0.39 is 11.1 Å². The van der Waals surface area contributed by atoms with Gasteiger partial charge in [-0.1, -0.05) is 12.1 Å². The van der Waals surface area contributed by atoms with Crippen LogP contribution in [0.5, 0.6) is 17.2 Å². The van der Waals surface area contributed by atoms with Gasteiger partial charge in [-0.2, -0.15) is 0 Å². The highest BCUT2D eigenvalue weighted by atomic mass is 16.9. The van der Waals surface area contributed by atoms with Crippen LogP contribution in [0, 0.1) is 10.1 Å². The quantitative estimate of drug-likeness (QED) is 0.358. The van der Waals surface area contributed by atoms with Gasteiger partial charge >= 0.3 is 5.97 Å². The number of nitrogens with zero attached hydrogens (tertiary/aromatic N) is 1. The first kappa shape index (κ1) is 17.1. The Kier molecular flexibility index (Phi) is 5.56. The van der Waals surface area contributed by atoms with Gasteiger partial charge in [0, 0.05) is 0 Å². The summed E-state index contributed by atoms with van der Waals surface area (Å²) in [6.07, 6.45) is 0.305. The Morgan fingerprint density at radius 2 is 2.04 bits per heavy atom. The standard InChI is InChI=1S/C16H15NO7/c1-22-15-10-12(5-6-14(15)18)16(19)24-13-4-2-3-11(9-13)7-8-23-17(20)21/h2-6,9-10,18H,7-8H2,1H3. The number of rotatable bonds is 7. The Labute approximate surface area is 137 Å². The van der Waals surface area contributed by atoms with E-state index in [1.165, 1.54) is 25.3 Å². The third-order valence-corrected chi connectivity index (χ3v) is 3.11. The van der Waals surface area contributed by atoms with Crippen LogP contribution in [0.3, 0.4) is 0 Å². The first-order valence-electron chi connectivity index (χ1n) is 6.95. The van der Waals surface area contributed by atoms with E-state index in [4.69, 9.17) is 9.47 Å². The monoisotopic (exact) mass is 333 g/mol. The molecule has 0 amide bonds. The fourth-order valence-electron chi connectivity index (χ4n) is 1.97. The summed E-state index contributed by atoms with van der Waals surface area (Å²) in [5.74, 6) is -0.241. The minimum atomic E-state index is -0.859. The van der Waals surface area contributed by atoms with E-state index in [1.807, 2.05) is 0 Å². The fourth-order valence-corrected chi connectivity index (χ4v) is 1.97. The molecule has 0 aliphatic carbocycles. The number of ether oxygens (including phenoxy) is 2. The molecule has 0 atom stereocenters. The molecule has 2 rings (SSSR count). The number of methoxy groups -OCH3 is 1. The lowest BCUT2D eigenvalue weighted by Crippen LogP contribution is -2.09. The van der Waals surface area contributed by atoms with Gasteiger partial charge in [0.25, 0.3) is 5.09 Å². The van der Waals surface area contributed by atoms with Crippen molar-refractivity contribution >= 4 is 5.97 Å². The summed E-state index contributed by atoms with van der Waals surface area (Å²) in [6, 6.07) is 10.7. The highest BCUT2D eigenvalue weighted by Crippen LogP contribution is 2.27. The van der Waals surface area contributed by atoms with Crippen molar-refractivity contribution in [2.24, 2.45) is 0 Å². The van der Waals surface area contributed by atoms with Crippen molar-refractivity contribution in [2.75, 3.05) is 13.7 Å². The van der Waals surface area contributed by atoms with Crippen molar-refractivity contribution in [3.05, 3.63) is 63.7 Å². The van der Waals surface area contributed by atoms with Gasteiger partial charge in [-0.15, -0.1) is 10.1 Å². The molecule has 126 valence electrons. The molecule has 2 aromatic carbocycles. The molecule has 0 aliphatic rings. The Balaban J connectivity index is 2.05. The van der Waals surface area contributed by atoms with Crippen molar-refractivity contribution in [2.45, 2.75) is 6.42 Å². The van der Waals surface area contributed by atoms with Crippen LogP contribution in [0.2, 0.25) is 0 Å². The summed E-state index contributed by atoms with van der Waals surface area (Å²) in [5, 5.41) is 18.8. The van der Waals surface area contributed by atoms with Crippen LogP contribution in [-0.4, -0.2) is 29.9 Å². The average molecular weight is 333 g/mol. The van der Waals surface area contributed by atoms with Gasteiger partial charge in [0.1, 0.15) is 12.4 Å². The zero-order valence-corrected chi connectivity index (χ0v) is 12.8. The Morgan fingerprint density at radius 1 is 1.25 bits per heavy atom. The number of aromatic hydroxyl groups is 1. The molecular formula is C16H15NO7. The summed E-state index contributed by atoms with van der Waals surface area (Å²) >= 11 is 0. The topological polar surface area (TPSA) is 108 Å².